The topological polar surface area (TPSA) is 157 Å². The number of piperidine rings is 1. The molecule has 12 heteroatoms. The lowest BCUT2D eigenvalue weighted by atomic mass is 9.53. The van der Waals surface area contributed by atoms with Crippen molar-refractivity contribution in [3.05, 3.63) is 84.4 Å². The molecule has 4 N–H and O–H groups in total. The number of ketones is 1. The van der Waals surface area contributed by atoms with Crippen LogP contribution in [0.1, 0.15) is 108 Å². The average molecular weight is 847 g/mol. The zero-order chi connectivity index (χ0) is 43.6. The first kappa shape index (κ1) is 43.6. The Morgan fingerprint density at radius 3 is 1.97 bits per heavy atom. The van der Waals surface area contributed by atoms with Crippen LogP contribution in [0.4, 0.5) is 4.79 Å². The van der Waals surface area contributed by atoms with Crippen molar-refractivity contribution in [3.63, 3.8) is 0 Å². The minimum atomic E-state index is -1.20. The Hall–Kier alpha value is -5.00. The highest BCUT2D eigenvalue weighted by molar-refractivity contribution is 6.38. The second kappa shape index (κ2) is 18.4. The maximum Gasteiger partial charge on any atom is 0.315 e. The molecule has 12 nitrogen and oxygen atoms in total. The molecule has 2 aromatic carbocycles. The van der Waals surface area contributed by atoms with E-state index in [2.05, 4.69) is 41.7 Å². The van der Waals surface area contributed by atoms with Crippen molar-refractivity contribution in [3.8, 4) is 0 Å². The number of rotatable bonds is 17. The lowest BCUT2D eigenvalue weighted by Crippen LogP contribution is -2.64. The van der Waals surface area contributed by atoms with E-state index in [0.29, 0.717) is 43.8 Å². The number of allylic oxidation sites excluding steroid dienone is 1. The number of likely N-dealkylation sites (tertiary alicyclic amines) is 1. The van der Waals surface area contributed by atoms with E-state index in [1.54, 1.807) is 15.9 Å². The van der Waals surface area contributed by atoms with Crippen molar-refractivity contribution in [2.75, 3.05) is 13.1 Å². The van der Waals surface area contributed by atoms with Crippen molar-refractivity contribution in [1.29, 1.82) is 0 Å². The summed E-state index contributed by atoms with van der Waals surface area (Å²) in [5, 5.41) is 12.0. The Balaban J connectivity index is 0.943. The number of carbonyl (C=O) groups excluding carboxylic acids is 6. The van der Waals surface area contributed by atoms with E-state index >= 15 is 0 Å². The molecular formula is C50H66N6O6. The van der Waals surface area contributed by atoms with Crippen molar-refractivity contribution in [2.45, 2.75) is 134 Å². The third kappa shape index (κ3) is 9.49. The van der Waals surface area contributed by atoms with Gasteiger partial charge in [0.25, 0.3) is 5.91 Å². The molecule has 5 atom stereocenters. The highest BCUT2D eigenvalue weighted by Crippen LogP contribution is 2.65. The van der Waals surface area contributed by atoms with Crippen LogP contribution in [0, 0.1) is 40.9 Å². The van der Waals surface area contributed by atoms with E-state index in [9.17, 15) is 28.8 Å². The van der Waals surface area contributed by atoms with E-state index in [1.165, 1.54) is 19.3 Å². The van der Waals surface area contributed by atoms with Gasteiger partial charge in [-0.05, 0) is 116 Å². The van der Waals surface area contributed by atoms with E-state index in [0.717, 1.165) is 62.5 Å². The molecule has 6 aliphatic carbocycles. The molecule has 6 amide bonds. The molecule has 9 rings (SSSR count). The van der Waals surface area contributed by atoms with Gasteiger partial charge >= 0.3 is 6.03 Å². The Bertz CT molecular complexity index is 1920. The maximum atomic E-state index is 14.9. The normalized spacial score (nSPS) is 28.8. The molecule has 7 aliphatic rings. The number of amides is 6. The summed E-state index contributed by atoms with van der Waals surface area (Å²) in [7, 11) is 0. The highest BCUT2D eigenvalue weighted by Gasteiger charge is 2.70. The van der Waals surface area contributed by atoms with Gasteiger partial charge in [-0.3, -0.25) is 24.0 Å². The minimum Gasteiger partial charge on any atom is -0.344 e. The molecule has 6 saturated carbocycles. The molecular weight excluding hydrogens is 781 g/mol. The van der Waals surface area contributed by atoms with Crippen LogP contribution in [0.25, 0.3) is 0 Å². The van der Waals surface area contributed by atoms with E-state index in [4.69, 9.17) is 0 Å². The summed E-state index contributed by atoms with van der Waals surface area (Å²) in [5.74, 6) is -1.05. The third-order valence-corrected chi connectivity index (χ3v) is 15.6. The second-order valence-corrected chi connectivity index (χ2v) is 20.3. The largest absolute Gasteiger partial charge is 0.344 e. The third-order valence-electron chi connectivity index (χ3n) is 15.6. The van der Waals surface area contributed by atoms with Gasteiger partial charge in [0.15, 0.2) is 0 Å². The maximum absolute atomic E-state index is 14.9. The molecule has 62 heavy (non-hydrogen) atoms. The number of benzene rings is 2. The second-order valence-electron chi connectivity index (χ2n) is 20.3. The van der Waals surface area contributed by atoms with E-state index in [-0.39, 0.29) is 53.0 Å². The number of Topliss-reactive ketones (excluding diaryl/α,β-unsaturated/α-hetero) is 1. The van der Waals surface area contributed by atoms with Crippen LogP contribution in [-0.4, -0.2) is 82.0 Å². The molecule has 1 saturated heterocycles. The highest BCUT2D eigenvalue weighted by atomic mass is 16.2. The molecule has 0 spiro atoms. The quantitative estimate of drug-likeness (QED) is 0.112. The van der Waals surface area contributed by atoms with Crippen molar-refractivity contribution < 1.29 is 28.8 Å². The Kier molecular flexibility index (Phi) is 12.9. The van der Waals surface area contributed by atoms with E-state index < -0.39 is 42.3 Å². The van der Waals surface area contributed by atoms with Crippen molar-refractivity contribution >= 4 is 35.4 Å². The van der Waals surface area contributed by atoms with Gasteiger partial charge in [-0.15, -0.1) is 6.58 Å². The summed E-state index contributed by atoms with van der Waals surface area (Å²) in [5.41, 5.74) is 1.44. The van der Waals surface area contributed by atoms with Crippen LogP contribution < -0.4 is 21.3 Å². The SMILES string of the molecule is C=CCCC(NC(=O)[C@@H]1[C@@H]2[C@H](CN1C(=O)[C@@H](NC(=O)NC13CC4CC(CC(C4)C1)C3)C1CCCCC1)C2(C)C)C(=O)C(=O)NCC(=O)N(Cc1ccccc1)Cc1ccccc1. The van der Waals surface area contributed by atoms with Gasteiger partial charge in [0.1, 0.15) is 12.1 Å². The van der Waals surface area contributed by atoms with Gasteiger partial charge in [0, 0.05) is 25.2 Å². The monoisotopic (exact) mass is 847 g/mol. The predicted octanol–water partition coefficient (Wildman–Crippen LogP) is 6.05. The molecule has 0 aromatic heterocycles. The molecule has 1 aliphatic heterocycles. The van der Waals surface area contributed by atoms with Gasteiger partial charge in [0.05, 0.1) is 12.6 Å². The Morgan fingerprint density at radius 2 is 1.40 bits per heavy atom. The van der Waals surface area contributed by atoms with Crippen LogP contribution >= 0.6 is 0 Å². The van der Waals surface area contributed by atoms with Gasteiger partial charge in [-0.1, -0.05) is 99.8 Å². The summed E-state index contributed by atoms with van der Waals surface area (Å²) in [4.78, 5) is 87.7. The Morgan fingerprint density at radius 1 is 0.823 bits per heavy atom. The van der Waals surface area contributed by atoms with Gasteiger partial charge in [-0.2, -0.15) is 0 Å². The summed E-state index contributed by atoms with van der Waals surface area (Å²) in [6, 6.07) is 16.0. The summed E-state index contributed by atoms with van der Waals surface area (Å²) in [6.07, 6.45) is 13.6. The standard InChI is InChI=1S/C50H66N6O6/c1-4-5-21-39(44(58)46(60)51-28-40(57)55(29-32-15-9-6-10-16-32)30-33-17-11-7-12-18-33)52-45(59)43-41-38(49(41,2)3)31-56(43)47(61)42(37-19-13-8-14-20-37)53-48(62)54-50-25-34-22-35(26-50)24-36(23-34)27-50/h4,6-7,9-12,15-18,34-39,41-43H,1,5,8,13-14,19-31H2,2-3H3,(H,51,60)(H,52,59)(H2,53,54,62)/t34?,35?,36?,38-,39?,41-,42-,43-,50?/m0/s1. The van der Waals surface area contributed by atoms with Crippen LogP contribution in [0.2, 0.25) is 0 Å². The van der Waals surface area contributed by atoms with Gasteiger partial charge < -0.3 is 31.1 Å². The molecule has 332 valence electrons. The molecule has 7 fully saturated rings. The van der Waals surface area contributed by atoms with Crippen LogP contribution in [0.3, 0.4) is 0 Å². The van der Waals surface area contributed by atoms with Crippen LogP contribution in [0.5, 0.6) is 0 Å². The zero-order valence-electron chi connectivity index (χ0n) is 36.6. The predicted molar refractivity (Wildman–Crippen MR) is 236 cm³/mol. The first-order chi connectivity index (χ1) is 29.8. The smallest absolute Gasteiger partial charge is 0.315 e. The summed E-state index contributed by atoms with van der Waals surface area (Å²) in [6.45, 7) is 8.60. The van der Waals surface area contributed by atoms with Crippen LogP contribution in [0.15, 0.2) is 73.3 Å². The molecule has 1 heterocycles. The van der Waals surface area contributed by atoms with Crippen molar-refractivity contribution in [2.24, 2.45) is 40.9 Å². The van der Waals surface area contributed by atoms with Gasteiger partial charge in [-0.25, -0.2) is 4.79 Å². The fourth-order valence-corrected chi connectivity index (χ4v) is 12.7. The summed E-state index contributed by atoms with van der Waals surface area (Å²) >= 11 is 0. The fraction of sp³-hybridized carbons (Fsp3) is 0.600. The fourth-order valence-electron chi connectivity index (χ4n) is 12.7. The Labute approximate surface area is 366 Å². The van der Waals surface area contributed by atoms with E-state index in [1.807, 2.05) is 60.7 Å². The molecule has 4 bridgehead atoms. The van der Waals surface area contributed by atoms with Gasteiger partial charge in [0.2, 0.25) is 23.5 Å². The number of nitrogens with zero attached hydrogens (tertiary/aromatic N) is 2. The number of hydrogen-bond acceptors (Lipinski definition) is 6. The lowest BCUT2D eigenvalue weighted by Gasteiger charge is -2.56. The number of nitrogens with one attached hydrogen (secondary N) is 4. The zero-order valence-corrected chi connectivity index (χ0v) is 36.6. The first-order valence-corrected chi connectivity index (χ1v) is 23.3. The average Bonchev–Trinajstić information content (AvgIpc) is 3.54. The minimum absolute atomic E-state index is 0.0448. The molecule has 0 radical (unpaired) electrons. The lowest BCUT2D eigenvalue weighted by molar-refractivity contribution is -0.145. The summed E-state index contributed by atoms with van der Waals surface area (Å²) < 4.78 is 0. The number of hydrogen-bond donors (Lipinski definition) is 4. The van der Waals surface area contributed by atoms with Crippen molar-refractivity contribution in [1.82, 2.24) is 31.1 Å². The number of urea groups is 1. The first-order valence-electron chi connectivity index (χ1n) is 23.3. The number of carbonyl (C=O) groups is 6. The molecule has 2 aromatic rings. The van der Waals surface area contributed by atoms with Crippen LogP contribution in [-0.2, 0) is 37.1 Å². The molecule has 1 unspecified atom stereocenters. The number of fused-ring (bicyclic) bond motifs is 1.